The fourth-order valence-corrected chi connectivity index (χ4v) is 5.03. The molecule has 2 aliphatic rings. The molecule has 38 heavy (non-hydrogen) atoms. The third-order valence-corrected chi connectivity index (χ3v) is 7.09. The molecule has 0 radical (unpaired) electrons. The number of hydrogen-bond acceptors (Lipinski definition) is 7. The summed E-state index contributed by atoms with van der Waals surface area (Å²) in [5.41, 5.74) is 11.1. The highest BCUT2D eigenvalue weighted by molar-refractivity contribution is 6.05. The number of amides is 1. The quantitative estimate of drug-likeness (QED) is 0.311. The molecule has 0 aliphatic carbocycles. The van der Waals surface area contributed by atoms with E-state index in [0.29, 0.717) is 35.9 Å². The number of aromatic nitrogens is 2. The lowest BCUT2D eigenvalue weighted by atomic mass is 10.0. The van der Waals surface area contributed by atoms with Crippen molar-refractivity contribution in [2.75, 3.05) is 57.0 Å². The molecule has 5 rings (SSSR count). The first kappa shape index (κ1) is 25.7. The predicted molar refractivity (Wildman–Crippen MR) is 151 cm³/mol. The van der Waals surface area contributed by atoms with Crippen LogP contribution in [-0.4, -0.2) is 77.1 Å². The number of nitrogens with zero attached hydrogens (tertiary/aromatic N) is 4. The van der Waals surface area contributed by atoms with Crippen LogP contribution in [0.3, 0.4) is 0 Å². The average Bonchev–Trinajstić information content (AvgIpc) is 3.55. The lowest BCUT2D eigenvalue weighted by Gasteiger charge is -2.25. The number of benzene rings is 2. The summed E-state index contributed by atoms with van der Waals surface area (Å²) in [6.07, 6.45) is 4.38. The Morgan fingerprint density at radius 1 is 1.11 bits per heavy atom. The zero-order valence-electron chi connectivity index (χ0n) is 21.8. The molecule has 2 aromatic carbocycles. The van der Waals surface area contributed by atoms with Gasteiger partial charge in [0.15, 0.2) is 0 Å². The summed E-state index contributed by atoms with van der Waals surface area (Å²) in [7, 11) is 0. The fourth-order valence-electron chi connectivity index (χ4n) is 5.03. The number of anilines is 3. The number of nitrogens with one attached hydrogen (secondary N) is 2. The van der Waals surface area contributed by atoms with Crippen molar-refractivity contribution in [2.45, 2.75) is 19.4 Å². The Kier molecular flexibility index (Phi) is 7.86. The highest BCUT2D eigenvalue weighted by Crippen LogP contribution is 2.33. The SMILES string of the molecule is CC(=N)c1c(-c2ccc(Nc3ccccc3)cc2)nn(C2CCN(C(=O)/C=C/CN3CCOCC3)C2)c1N. The molecule has 0 bridgehead atoms. The largest absolute Gasteiger partial charge is 0.383 e. The van der Waals surface area contributed by atoms with Crippen LogP contribution < -0.4 is 11.1 Å². The third kappa shape index (κ3) is 5.79. The van der Waals surface area contributed by atoms with Gasteiger partial charge in [-0.1, -0.05) is 36.4 Å². The second kappa shape index (κ2) is 11.6. The normalized spacial score (nSPS) is 18.2. The fraction of sp³-hybridized carbons (Fsp3) is 0.345. The van der Waals surface area contributed by atoms with Gasteiger partial charge in [-0.15, -0.1) is 0 Å². The Hall–Kier alpha value is -3.95. The molecule has 1 amide bonds. The zero-order chi connectivity index (χ0) is 26.5. The van der Waals surface area contributed by atoms with Gasteiger partial charge in [-0.2, -0.15) is 5.10 Å². The molecule has 9 nitrogen and oxygen atoms in total. The number of morpholine rings is 1. The number of carbonyl (C=O) groups is 1. The molecular weight excluding hydrogens is 478 g/mol. The molecule has 4 N–H and O–H groups in total. The van der Waals surface area contributed by atoms with E-state index in [2.05, 4.69) is 10.2 Å². The summed E-state index contributed by atoms with van der Waals surface area (Å²) in [5.74, 6) is 0.484. The van der Waals surface area contributed by atoms with Gasteiger partial charge in [-0.05, 0) is 37.6 Å². The molecule has 1 aromatic heterocycles. The molecule has 2 fully saturated rings. The molecule has 0 saturated carbocycles. The third-order valence-electron chi connectivity index (χ3n) is 7.09. The van der Waals surface area contributed by atoms with Gasteiger partial charge in [-0.25, -0.2) is 4.68 Å². The van der Waals surface area contributed by atoms with E-state index in [4.69, 9.17) is 21.0 Å². The number of para-hydroxylation sites is 1. The summed E-state index contributed by atoms with van der Waals surface area (Å²) >= 11 is 0. The van der Waals surface area contributed by atoms with E-state index in [1.807, 2.05) is 70.3 Å². The maximum atomic E-state index is 12.8. The predicted octanol–water partition coefficient (Wildman–Crippen LogP) is 3.93. The first-order chi connectivity index (χ1) is 18.5. The smallest absolute Gasteiger partial charge is 0.246 e. The zero-order valence-corrected chi connectivity index (χ0v) is 21.8. The summed E-state index contributed by atoms with van der Waals surface area (Å²) < 4.78 is 7.19. The van der Waals surface area contributed by atoms with E-state index in [1.54, 1.807) is 13.0 Å². The van der Waals surface area contributed by atoms with Gasteiger partial charge in [0.1, 0.15) is 11.5 Å². The van der Waals surface area contributed by atoms with Crippen LogP contribution >= 0.6 is 0 Å². The van der Waals surface area contributed by atoms with Gasteiger partial charge in [0, 0.05) is 61.4 Å². The topological polar surface area (TPSA) is 112 Å². The summed E-state index contributed by atoms with van der Waals surface area (Å²) in [6, 6.07) is 18.0. The van der Waals surface area contributed by atoms with E-state index in [-0.39, 0.29) is 11.9 Å². The molecule has 1 atom stereocenters. The minimum atomic E-state index is -0.0301. The highest BCUT2D eigenvalue weighted by atomic mass is 16.5. The van der Waals surface area contributed by atoms with Crippen LogP contribution in [0.25, 0.3) is 11.3 Å². The van der Waals surface area contributed by atoms with E-state index in [0.717, 1.165) is 56.2 Å². The first-order valence-corrected chi connectivity index (χ1v) is 13.1. The molecule has 1 unspecified atom stereocenters. The van der Waals surface area contributed by atoms with Crippen LogP contribution in [0.5, 0.6) is 0 Å². The molecular formula is C29H35N7O2. The van der Waals surface area contributed by atoms with Crippen molar-refractivity contribution in [3.63, 3.8) is 0 Å². The first-order valence-electron chi connectivity index (χ1n) is 13.1. The Labute approximate surface area is 223 Å². The molecule has 2 aliphatic heterocycles. The minimum Gasteiger partial charge on any atom is -0.383 e. The van der Waals surface area contributed by atoms with Gasteiger partial charge >= 0.3 is 0 Å². The lowest BCUT2D eigenvalue weighted by molar-refractivity contribution is -0.125. The molecule has 2 saturated heterocycles. The van der Waals surface area contributed by atoms with E-state index < -0.39 is 0 Å². The van der Waals surface area contributed by atoms with E-state index in [9.17, 15) is 4.79 Å². The number of hydrogen-bond donors (Lipinski definition) is 3. The number of carbonyl (C=O) groups excluding carboxylic acids is 1. The summed E-state index contributed by atoms with van der Waals surface area (Å²) in [4.78, 5) is 16.9. The second-order valence-corrected chi connectivity index (χ2v) is 9.79. The standard InChI is InChI=1S/C29H35N7O2/c1-21(30)27-28(22-9-11-24(12-10-22)32-23-6-3-2-4-7-23)33-36(29(27)31)25-13-15-35(20-25)26(37)8-5-14-34-16-18-38-19-17-34/h2-12,25,30,32H,13-20,31H2,1H3/b8-5+,30-21?. The highest BCUT2D eigenvalue weighted by Gasteiger charge is 2.30. The Bertz CT molecular complexity index is 1290. The molecule has 9 heteroatoms. The van der Waals surface area contributed by atoms with Gasteiger partial charge in [0.25, 0.3) is 0 Å². The van der Waals surface area contributed by atoms with Gasteiger partial charge in [0.2, 0.25) is 5.91 Å². The second-order valence-electron chi connectivity index (χ2n) is 9.79. The summed E-state index contributed by atoms with van der Waals surface area (Å²) in [5, 5.41) is 16.6. The van der Waals surface area contributed by atoms with Crippen LogP contribution in [0.1, 0.15) is 24.9 Å². The van der Waals surface area contributed by atoms with Crippen molar-refractivity contribution in [3.8, 4) is 11.3 Å². The van der Waals surface area contributed by atoms with Crippen molar-refractivity contribution in [2.24, 2.45) is 0 Å². The molecule has 198 valence electrons. The lowest BCUT2D eigenvalue weighted by Crippen LogP contribution is -2.36. The molecule has 3 aromatic rings. The van der Waals surface area contributed by atoms with Crippen LogP contribution in [0, 0.1) is 5.41 Å². The maximum absolute atomic E-state index is 12.8. The monoisotopic (exact) mass is 513 g/mol. The van der Waals surface area contributed by atoms with E-state index in [1.165, 1.54) is 0 Å². The number of nitrogen functional groups attached to an aromatic ring is 1. The Morgan fingerprint density at radius 3 is 2.53 bits per heavy atom. The Morgan fingerprint density at radius 2 is 1.82 bits per heavy atom. The number of rotatable bonds is 8. The van der Waals surface area contributed by atoms with Crippen molar-refractivity contribution in [3.05, 3.63) is 72.3 Å². The average molecular weight is 514 g/mol. The van der Waals surface area contributed by atoms with Crippen LogP contribution in [0.15, 0.2) is 66.7 Å². The van der Waals surface area contributed by atoms with Crippen LogP contribution in [0.2, 0.25) is 0 Å². The Balaban J connectivity index is 1.28. The maximum Gasteiger partial charge on any atom is 0.246 e. The van der Waals surface area contributed by atoms with Gasteiger partial charge < -0.3 is 26.1 Å². The van der Waals surface area contributed by atoms with Gasteiger partial charge in [0.05, 0.1) is 24.8 Å². The van der Waals surface area contributed by atoms with Gasteiger partial charge in [-0.3, -0.25) is 9.69 Å². The molecule has 0 spiro atoms. The number of likely N-dealkylation sites (tertiary alicyclic amines) is 1. The van der Waals surface area contributed by atoms with Crippen molar-refractivity contribution >= 4 is 28.8 Å². The van der Waals surface area contributed by atoms with Crippen LogP contribution in [0.4, 0.5) is 17.2 Å². The van der Waals surface area contributed by atoms with Crippen molar-refractivity contribution < 1.29 is 9.53 Å². The van der Waals surface area contributed by atoms with E-state index >= 15 is 0 Å². The number of nitrogens with two attached hydrogens (primary N) is 1. The van der Waals surface area contributed by atoms with Crippen molar-refractivity contribution in [1.82, 2.24) is 19.6 Å². The number of ether oxygens (including phenoxy) is 1. The van der Waals surface area contributed by atoms with Crippen LogP contribution in [-0.2, 0) is 9.53 Å². The summed E-state index contributed by atoms with van der Waals surface area (Å²) in [6.45, 7) is 6.96. The van der Waals surface area contributed by atoms with Crippen molar-refractivity contribution in [1.29, 1.82) is 5.41 Å². The minimum absolute atomic E-state index is 0.0108. The molecule has 3 heterocycles.